The standard InChI is InChI=1S/C24H32F2N6O2S2/c1-23(2,3)22-27-20-19(21(28-22)31-10-9-24(25,26)15-31)32(30-29-20)12-17-7-5-4-6-16(17)8-11-35-36-14-18(34)13-33/h4-7,18,33-34H,8-15H2,1-3H3. The minimum atomic E-state index is -2.76. The second-order valence-electron chi connectivity index (χ2n) is 10.0. The van der Waals surface area contributed by atoms with Crippen molar-refractivity contribution in [1.82, 2.24) is 25.0 Å². The van der Waals surface area contributed by atoms with Crippen LogP contribution in [-0.2, 0) is 18.4 Å². The third-order valence-corrected chi connectivity index (χ3v) is 8.41. The molecule has 8 nitrogen and oxygen atoms in total. The van der Waals surface area contributed by atoms with E-state index in [0.29, 0.717) is 35.1 Å². The van der Waals surface area contributed by atoms with Gasteiger partial charge in [-0.1, -0.05) is 71.8 Å². The number of hydrogen-bond acceptors (Lipinski definition) is 9. The third kappa shape index (κ3) is 6.45. The molecule has 12 heteroatoms. The Bertz CT molecular complexity index is 1190. The lowest BCUT2D eigenvalue weighted by molar-refractivity contribution is 0.0257. The van der Waals surface area contributed by atoms with Crippen LogP contribution >= 0.6 is 21.6 Å². The first kappa shape index (κ1) is 27.0. The van der Waals surface area contributed by atoms with Crippen LogP contribution in [0.2, 0.25) is 0 Å². The van der Waals surface area contributed by atoms with Gasteiger partial charge in [0.25, 0.3) is 5.92 Å². The van der Waals surface area contributed by atoms with Gasteiger partial charge in [-0.05, 0) is 17.5 Å². The van der Waals surface area contributed by atoms with Gasteiger partial charge >= 0.3 is 0 Å². The van der Waals surface area contributed by atoms with Gasteiger partial charge < -0.3 is 15.1 Å². The normalized spacial score (nSPS) is 16.7. The molecule has 1 saturated heterocycles. The summed E-state index contributed by atoms with van der Waals surface area (Å²) in [5.41, 5.74) is 2.82. The van der Waals surface area contributed by atoms with Crippen LogP contribution in [0.5, 0.6) is 0 Å². The summed E-state index contributed by atoms with van der Waals surface area (Å²) in [5, 5.41) is 27.1. The van der Waals surface area contributed by atoms with Crippen molar-refractivity contribution in [2.24, 2.45) is 0 Å². The summed E-state index contributed by atoms with van der Waals surface area (Å²) in [6.07, 6.45) is -0.106. The number of benzene rings is 1. The predicted octanol–water partition coefficient (Wildman–Crippen LogP) is 3.69. The Kier molecular flexibility index (Phi) is 8.38. The Labute approximate surface area is 217 Å². The first-order chi connectivity index (χ1) is 17.1. The van der Waals surface area contributed by atoms with Crippen LogP contribution in [0, 0.1) is 0 Å². The van der Waals surface area contributed by atoms with Crippen LogP contribution in [-0.4, -0.2) is 78.4 Å². The lowest BCUT2D eigenvalue weighted by Gasteiger charge is -2.22. The molecule has 4 rings (SSSR count). The van der Waals surface area contributed by atoms with Crippen molar-refractivity contribution in [3.8, 4) is 0 Å². The average molecular weight is 539 g/mol. The molecular formula is C24H32F2N6O2S2. The van der Waals surface area contributed by atoms with Gasteiger partial charge in [-0.25, -0.2) is 23.4 Å². The molecule has 196 valence electrons. The Hall–Kier alpha value is -2.02. The minimum Gasteiger partial charge on any atom is -0.394 e. The Balaban J connectivity index is 1.60. The van der Waals surface area contributed by atoms with Gasteiger partial charge in [-0.3, -0.25) is 0 Å². The van der Waals surface area contributed by atoms with Crippen molar-refractivity contribution >= 4 is 38.6 Å². The second kappa shape index (κ2) is 11.2. The van der Waals surface area contributed by atoms with E-state index in [2.05, 4.69) is 21.4 Å². The molecule has 1 aromatic carbocycles. The van der Waals surface area contributed by atoms with E-state index in [1.165, 1.54) is 10.8 Å². The van der Waals surface area contributed by atoms with Crippen LogP contribution in [0.25, 0.3) is 11.2 Å². The molecule has 0 amide bonds. The fourth-order valence-corrected chi connectivity index (χ4v) is 6.11. The zero-order valence-electron chi connectivity index (χ0n) is 20.7. The lowest BCUT2D eigenvalue weighted by atomic mass is 9.96. The van der Waals surface area contributed by atoms with E-state index in [4.69, 9.17) is 10.1 Å². The maximum Gasteiger partial charge on any atom is 0.266 e. The molecule has 1 fully saturated rings. The van der Waals surface area contributed by atoms with Gasteiger partial charge in [0.2, 0.25) is 5.65 Å². The molecule has 0 aliphatic carbocycles. The monoisotopic (exact) mass is 538 g/mol. The number of aryl methyl sites for hydroxylation is 1. The number of aromatic nitrogens is 5. The van der Waals surface area contributed by atoms with Gasteiger partial charge in [-0.15, -0.1) is 5.10 Å². The molecule has 3 aromatic rings. The molecule has 0 spiro atoms. The molecule has 1 aliphatic heterocycles. The van der Waals surface area contributed by atoms with Gasteiger partial charge in [0.15, 0.2) is 11.3 Å². The minimum absolute atomic E-state index is 0.210. The van der Waals surface area contributed by atoms with Gasteiger partial charge in [0, 0.05) is 29.9 Å². The second-order valence-corrected chi connectivity index (χ2v) is 12.7. The number of alkyl halides is 2. The van der Waals surface area contributed by atoms with Crippen LogP contribution in [0.3, 0.4) is 0 Å². The zero-order chi connectivity index (χ0) is 25.9. The SMILES string of the molecule is CC(C)(C)c1nc(N2CCC(F)(F)C2)c2c(nnn2Cc2ccccc2CCSSCC(O)CO)n1. The number of halogens is 2. The first-order valence-corrected chi connectivity index (χ1v) is 14.4. The molecule has 2 aromatic heterocycles. The van der Waals surface area contributed by atoms with Crippen molar-refractivity contribution in [3.05, 3.63) is 41.2 Å². The molecule has 0 radical (unpaired) electrons. The maximum atomic E-state index is 14.1. The van der Waals surface area contributed by atoms with Crippen LogP contribution in [0.15, 0.2) is 24.3 Å². The smallest absolute Gasteiger partial charge is 0.266 e. The molecule has 2 N–H and O–H groups in total. The van der Waals surface area contributed by atoms with E-state index >= 15 is 0 Å². The maximum absolute atomic E-state index is 14.1. The molecule has 36 heavy (non-hydrogen) atoms. The number of anilines is 1. The number of hydrogen-bond donors (Lipinski definition) is 2. The van der Waals surface area contributed by atoms with Gasteiger partial charge in [-0.2, -0.15) is 0 Å². The fraction of sp³-hybridized carbons (Fsp3) is 0.583. The largest absolute Gasteiger partial charge is 0.394 e. The molecule has 1 atom stereocenters. The van der Waals surface area contributed by atoms with Crippen molar-refractivity contribution < 1.29 is 19.0 Å². The van der Waals surface area contributed by atoms with Crippen LogP contribution < -0.4 is 4.90 Å². The third-order valence-electron chi connectivity index (χ3n) is 5.94. The van der Waals surface area contributed by atoms with E-state index < -0.39 is 12.0 Å². The number of aliphatic hydroxyl groups is 2. The summed E-state index contributed by atoms with van der Waals surface area (Å²) >= 11 is 0. The lowest BCUT2D eigenvalue weighted by Crippen LogP contribution is -2.28. The van der Waals surface area contributed by atoms with E-state index in [-0.39, 0.29) is 31.5 Å². The van der Waals surface area contributed by atoms with Crippen molar-refractivity contribution in [2.45, 2.75) is 57.6 Å². The van der Waals surface area contributed by atoms with E-state index in [0.717, 1.165) is 23.3 Å². The highest BCUT2D eigenvalue weighted by Crippen LogP contribution is 2.34. The molecule has 1 unspecified atom stereocenters. The van der Waals surface area contributed by atoms with E-state index in [1.54, 1.807) is 20.4 Å². The first-order valence-electron chi connectivity index (χ1n) is 11.9. The van der Waals surface area contributed by atoms with Crippen molar-refractivity contribution in [2.75, 3.05) is 36.1 Å². The summed E-state index contributed by atoms with van der Waals surface area (Å²) in [4.78, 5) is 11.0. The van der Waals surface area contributed by atoms with Crippen LogP contribution in [0.4, 0.5) is 14.6 Å². The Morgan fingerprint density at radius 2 is 1.89 bits per heavy atom. The average Bonchev–Trinajstić information content (AvgIpc) is 3.41. The predicted molar refractivity (Wildman–Crippen MR) is 141 cm³/mol. The van der Waals surface area contributed by atoms with Crippen LogP contribution in [0.1, 0.15) is 44.1 Å². The summed E-state index contributed by atoms with van der Waals surface area (Å²) in [7, 11) is 3.18. The highest BCUT2D eigenvalue weighted by atomic mass is 33.1. The topological polar surface area (TPSA) is 100 Å². The van der Waals surface area contributed by atoms with E-state index in [9.17, 15) is 13.9 Å². The molecule has 0 bridgehead atoms. The molecule has 3 heterocycles. The molecule has 1 aliphatic rings. The highest BCUT2D eigenvalue weighted by Gasteiger charge is 2.40. The van der Waals surface area contributed by atoms with Crippen molar-refractivity contribution in [1.29, 1.82) is 0 Å². The van der Waals surface area contributed by atoms with E-state index in [1.807, 2.05) is 39.0 Å². The van der Waals surface area contributed by atoms with Gasteiger partial charge in [0.1, 0.15) is 5.82 Å². The summed E-state index contributed by atoms with van der Waals surface area (Å²) in [6.45, 7) is 5.96. The summed E-state index contributed by atoms with van der Waals surface area (Å²) in [5.74, 6) is -0.438. The zero-order valence-corrected chi connectivity index (χ0v) is 22.3. The number of nitrogens with zero attached hydrogens (tertiary/aromatic N) is 6. The highest BCUT2D eigenvalue weighted by molar-refractivity contribution is 8.76. The van der Waals surface area contributed by atoms with Crippen molar-refractivity contribution in [3.63, 3.8) is 0 Å². The Morgan fingerprint density at radius 3 is 2.56 bits per heavy atom. The molecule has 0 saturated carbocycles. The fourth-order valence-electron chi connectivity index (χ4n) is 3.96. The summed E-state index contributed by atoms with van der Waals surface area (Å²) in [6, 6.07) is 8.05. The Morgan fingerprint density at radius 1 is 1.14 bits per heavy atom. The molecular weight excluding hydrogens is 506 g/mol. The summed E-state index contributed by atoms with van der Waals surface area (Å²) < 4.78 is 30.0. The number of fused-ring (bicyclic) bond motifs is 1. The quantitative estimate of drug-likeness (QED) is 0.296. The number of rotatable bonds is 10. The number of aliphatic hydroxyl groups excluding tert-OH is 2. The van der Waals surface area contributed by atoms with Gasteiger partial charge in [0.05, 0.1) is 25.8 Å².